The van der Waals surface area contributed by atoms with Crippen LogP contribution in [0.5, 0.6) is 5.75 Å². The van der Waals surface area contributed by atoms with Gasteiger partial charge in [0, 0.05) is 12.0 Å². The summed E-state index contributed by atoms with van der Waals surface area (Å²) in [4.78, 5) is 2.39. The lowest BCUT2D eigenvalue weighted by Crippen LogP contribution is -2.48. The van der Waals surface area contributed by atoms with Crippen molar-refractivity contribution in [2.75, 3.05) is 13.1 Å². The minimum absolute atomic E-state index is 0.203. The Bertz CT molecular complexity index is 738. The first-order valence-electron chi connectivity index (χ1n) is 8.63. The summed E-state index contributed by atoms with van der Waals surface area (Å²) in [7, 11) is 0. The van der Waals surface area contributed by atoms with Crippen LogP contribution < -0.4 is 5.73 Å². The van der Waals surface area contributed by atoms with Gasteiger partial charge in [0.25, 0.3) is 0 Å². The zero-order valence-corrected chi connectivity index (χ0v) is 13.7. The first-order chi connectivity index (χ1) is 11.6. The summed E-state index contributed by atoms with van der Waals surface area (Å²) < 4.78 is 0. The molecule has 4 N–H and O–H groups in total. The number of nitrogens with two attached hydrogens (primary N) is 1. The van der Waals surface area contributed by atoms with E-state index in [1.807, 2.05) is 30.3 Å². The molecule has 0 radical (unpaired) electrons. The van der Waals surface area contributed by atoms with Crippen LogP contribution in [-0.2, 0) is 12.0 Å². The number of aromatic hydroxyl groups is 1. The molecule has 0 saturated carbocycles. The van der Waals surface area contributed by atoms with Gasteiger partial charge in [0.2, 0.25) is 0 Å². The smallest absolute Gasteiger partial charge is 0.115 e. The topological polar surface area (TPSA) is 69.7 Å². The quantitative estimate of drug-likeness (QED) is 0.793. The molecule has 4 heteroatoms. The van der Waals surface area contributed by atoms with Crippen LogP contribution in [0.25, 0.3) is 0 Å². The van der Waals surface area contributed by atoms with E-state index in [1.54, 1.807) is 6.07 Å². The van der Waals surface area contributed by atoms with E-state index < -0.39 is 6.10 Å². The van der Waals surface area contributed by atoms with Gasteiger partial charge in [0.15, 0.2) is 0 Å². The molecule has 0 amide bonds. The van der Waals surface area contributed by atoms with Crippen molar-refractivity contribution in [1.29, 1.82) is 0 Å². The molecule has 126 valence electrons. The number of hydrogen-bond acceptors (Lipinski definition) is 4. The first kappa shape index (κ1) is 15.6. The molecular weight excluding hydrogens is 300 g/mol. The van der Waals surface area contributed by atoms with Crippen molar-refractivity contribution < 1.29 is 10.2 Å². The lowest BCUT2D eigenvalue weighted by molar-refractivity contribution is 0.0271. The maximum Gasteiger partial charge on any atom is 0.115 e. The van der Waals surface area contributed by atoms with E-state index in [0.29, 0.717) is 5.75 Å². The fourth-order valence-electron chi connectivity index (χ4n) is 4.50. The summed E-state index contributed by atoms with van der Waals surface area (Å²) in [6.45, 7) is 2.68. The molecule has 0 aromatic heterocycles. The van der Waals surface area contributed by atoms with Crippen molar-refractivity contribution in [2.24, 2.45) is 5.73 Å². The minimum atomic E-state index is -0.502. The minimum Gasteiger partial charge on any atom is -0.508 e. The number of likely N-dealkylation sites (tertiary alicyclic amines) is 1. The summed E-state index contributed by atoms with van der Waals surface area (Å²) in [5, 5.41) is 20.4. The van der Waals surface area contributed by atoms with Gasteiger partial charge in [-0.2, -0.15) is 0 Å². The van der Waals surface area contributed by atoms with Gasteiger partial charge in [-0.15, -0.1) is 0 Å². The number of piperidine rings is 1. The number of fused-ring (bicyclic) bond motifs is 2. The van der Waals surface area contributed by atoms with Gasteiger partial charge >= 0.3 is 0 Å². The molecule has 4 nitrogen and oxygen atoms in total. The Morgan fingerprint density at radius 3 is 2.58 bits per heavy atom. The summed E-state index contributed by atoms with van der Waals surface area (Å²) in [6, 6.07) is 15.4. The van der Waals surface area contributed by atoms with Crippen molar-refractivity contribution in [3.8, 4) is 5.75 Å². The van der Waals surface area contributed by atoms with E-state index in [0.717, 1.165) is 43.6 Å². The fourth-order valence-corrected chi connectivity index (χ4v) is 4.50. The average Bonchev–Trinajstić information content (AvgIpc) is 2.80. The molecule has 4 rings (SSSR count). The van der Waals surface area contributed by atoms with Gasteiger partial charge in [-0.3, -0.25) is 4.90 Å². The Morgan fingerprint density at radius 1 is 1.08 bits per heavy atom. The molecule has 1 heterocycles. The number of phenolic OH excluding ortho intramolecular Hbond substituents is 1. The zero-order chi connectivity index (χ0) is 16.7. The largest absolute Gasteiger partial charge is 0.508 e. The Kier molecular flexibility index (Phi) is 3.83. The standard InChI is InChI=1S/C20H24N2O2/c21-18-16-6-1-2-7-17(16)20(19(18)24)8-10-22(11-9-20)13-14-4-3-5-15(23)12-14/h1-7,12,18-19,23-24H,8-11,13,21H2/t18-,19+/m1/s1. The van der Waals surface area contributed by atoms with Crippen molar-refractivity contribution in [2.45, 2.75) is 36.9 Å². The highest BCUT2D eigenvalue weighted by Gasteiger charge is 2.51. The average molecular weight is 324 g/mol. The van der Waals surface area contributed by atoms with Crippen LogP contribution in [0.2, 0.25) is 0 Å². The maximum atomic E-state index is 10.8. The molecule has 2 aliphatic rings. The van der Waals surface area contributed by atoms with E-state index in [4.69, 9.17) is 5.73 Å². The van der Waals surface area contributed by atoms with Crippen LogP contribution in [0.15, 0.2) is 48.5 Å². The molecule has 1 aliphatic heterocycles. The third-order valence-corrected chi connectivity index (χ3v) is 5.83. The molecule has 2 atom stereocenters. The molecule has 1 saturated heterocycles. The van der Waals surface area contributed by atoms with Crippen LogP contribution in [0.4, 0.5) is 0 Å². The monoisotopic (exact) mass is 324 g/mol. The number of benzene rings is 2. The van der Waals surface area contributed by atoms with Gasteiger partial charge < -0.3 is 15.9 Å². The van der Waals surface area contributed by atoms with Crippen LogP contribution in [0.3, 0.4) is 0 Å². The van der Waals surface area contributed by atoms with Gasteiger partial charge in [0.1, 0.15) is 5.75 Å². The van der Waals surface area contributed by atoms with Crippen molar-refractivity contribution in [3.05, 3.63) is 65.2 Å². The third kappa shape index (κ3) is 2.42. The number of hydrogen-bond donors (Lipinski definition) is 3. The first-order valence-corrected chi connectivity index (χ1v) is 8.63. The van der Waals surface area contributed by atoms with Gasteiger partial charge in [0.05, 0.1) is 12.1 Å². The number of aliphatic hydroxyl groups is 1. The molecular formula is C20H24N2O2. The van der Waals surface area contributed by atoms with E-state index in [-0.39, 0.29) is 11.5 Å². The second-order valence-electron chi connectivity index (χ2n) is 7.16. The normalized spacial score (nSPS) is 25.8. The highest BCUT2D eigenvalue weighted by atomic mass is 16.3. The summed E-state index contributed by atoms with van der Waals surface area (Å²) in [6.07, 6.45) is 1.33. The van der Waals surface area contributed by atoms with Crippen LogP contribution in [0.1, 0.15) is 35.6 Å². The van der Waals surface area contributed by atoms with E-state index in [1.165, 1.54) is 5.56 Å². The van der Waals surface area contributed by atoms with E-state index in [2.05, 4.69) is 17.0 Å². The molecule has 0 unspecified atom stereocenters. The van der Waals surface area contributed by atoms with Gasteiger partial charge in [-0.25, -0.2) is 0 Å². The molecule has 1 aliphatic carbocycles. The molecule has 0 bridgehead atoms. The molecule has 24 heavy (non-hydrogen) atoms. The lowest BCUT2D eigenvalue weighted by Gasteiger charge is -2.42. The Morgan fingerprint density at radius 2 is 1.83 bits per heavy atom. The zero-order valence-electron chi connectivity index (χ0n) is 13.7. The van der Waals surface area contributed by atoms with E-state index in [9.17, 15) is 10.2 Å². The second kappa shape index (κ2) is 5.88. The van der Waals surface area contributed by atoms with E-state index >= 15 is 0 Å². The highest BCUT2D eigenvalue weighted by molar-refractivity contribution is 5.45. The number of aliphatic hydroxyl groups excluding tert-OH is 1. The number of nitrogens with zero attached hydrogens (tertiary/aromatic N) is 1. The lowest BCUT2D eigenvalue weighted by atomic mass is 9.72. The van der Waals surface area contributed by atoms with Crippen LogP contribution >= 0.6 is 0 Å². The van der Waals surface area contributed by atoms with Gasteiger partial charge in [-0.05, 0) is 54.8 Å². The fraction of sp³-hybridized carbons (Fsp3) is 0.400. The van der Waals surface area contributed by atoms with Crippen molar-refractivity contribution >= 4 is 0 Å². The highest BCUT2D eigenvalue weighted by Crippen LogP contribution is 2.50. The second-order valence-corrected chi connectivity index (χ2v) is 7.16. The predicted molar refractivity (Wildman–Crippen MR) is 93.7 cm³/mol. The number of rotatable bonds is 2. The van der Waals surface area contributed by atoms with Gasteiger partial charge in [-0.1, -0.05) is 36.4 Å². The summed E-state index contributed by atoms with van der Waals surface area (Å²) in [5.74, 6) is 0.312. The summed E-state index contributed by atoms with van der Waals surface area (Å²) >= 11 is 0. The van der Waals surface area contributed by atoms with Crippen LogP contribution in [-0.4, -0.2) is 34.3 Å². The molecule has 1 spiro atoms. The number of phenols is 1. The third-order valence-electron chi connectivity index (χ3n) is 5.83. The Hall–Kier alpha value is -1.88. The predicted octanol–water partition coefficient (Wildman–Crippen LogP) is 2.30. The Balaban J connectivity index is 1.52. The molecule has 1 fully saturated rings. The summed E-state index contributed by atoms with van der Waals surface area (Å²) in [5.41, 5.74) is 9.54. The Labute approximate surface area is 142 Å². The molecule has 2 aromatic carbocycles. The molecule has 2 aromatic rings. The van der Waals surface area contributed by atoms with Crippen molar-refractivity contribution in [3.63, 3.8) is 0 Å². The SMILES string of the molecule is N[C@@H]1c2ccccc2C2(CCN(Cc3cccc(O)c3)CC2)[C@H]1O. The van der Waals surface area contributed by atoms with Crippen molar-refractivity contribution in [1.82, 2.24) is 4.90 Å². The van der Waals surface area contributed by atoms with Crippen LogP contribution in [0, 0.1) is 0 Å². The maximum absolute atomic E-state index is 10.8.